The Kier molecular flexibility index (Phi) is 6.47. The van der Waals surface area contributed by atoms with Crippen LogP contribution < -0.4 is 14.9 Å². The average molecular weight is 471 g/mol. The van der Waals surface area contributed by atoms with E-state index < -0.39 is 0 Å². The molecule has 0 radical (unpaired) electrons. The Labute approximate surface area is 198 Å². The van der Waals surface area contributed by atoms with Gasteiger partial charge in [-0.1, -0.05) is 0 Å². The second-order valence-electron chi connectivity index (χ2n) is 8.76. The Morgan fingerprint density at radius 1 is 1.21 bits per heavy atom. The standard InChI is InChI=1S/C25H30N2O7/c1-3-31-25(29)26-12-19(13-26)34-18-4-5-21-17(10-18)6-7-27-23(11-22(28)16(2)24(21)27)33-15-20-14-30-8-9-32-20/h4-5,10-11,19-20H,3,6-9,12-15H2,1-2H3/t20-/m0/s1. The lowest BCUT2D eigenvalue weighted by molar-refractivity contribution is -0.102. The highest BCUT2D eigenvalue weighted by Gasteiger charge is 2.33. The number of aryl methyl sites for hydroxylation is 1. The minimum Gasteiger partial charge on any atom is -0.487 e. The number of carbonyl (C=O) groups is 1. The van der Waals surface area contributed by atoms with Gasteiger partial charge in [0.2, 0.25) is 0 Å². The number of likely N-dealkylation sites (tertiary alicyclic amines) is 1. The molecule has 2 saturated heterocycles. The molecular weight excluding hydrogens is 440 g/mol. The number of ether oxygens (including phenoxy) is 5. The fourth-order valence-electron chi connectivity index (χ4n) is 4.61. The third-order valence-electron chi connectivity index (χ3n) is 6.43. The van der Waals surface area contributed by atoms with Crippen molar-refractivity contribution in [3.05, 3.63) is 45.6 Å². The highest BCUT2D eigenvalue weighted by molar-refractivity contribution is 5.71. The molecule has 0 bridgehead atoms. The summed E-state index contributed by atoms with van der Waals surface area (Å²) in [5.41, 5.74) is 3.67. The summed E-state index contributed by atoms with van der Waals surface area (Å²) in [7, 11) is 0. The smallest absolute Gasteiger partial charge is 0.410 e. The van der Waals surface area contributed by atoms with Gasteiger partial charge in [0.15, 0.2) is 11.3 Å². The summed E-state index contributed by atoms with van der Waals surface area (Å²) in [6, 6.07) is 7.53. The summed E-state index contributed by atoms with van der Waals surface area (Å²) in [5.74, 6) is 1.32. The second-order valence-corrected chi connectivity index (χ2v) is 8.76. The van der Waals surface area contributed by atoms with E-state index in [4.69, 9.17) is 23.7 Å². The summed E-state index contributed by atoms with van der Waals surface area (Å²) in [6.45, 7) is 7.74. The molecule has 1 aromatic heterocycles. The molecule has 1 aromatic carbocycles. The summed E-state index contributed by atoms with van der Waals surface area (Å²) in [5, 5.41) is 0. The van der Waals surface area contributed by atoms with Crippen molar-refractivity contribution in [2.45, 2.75) is 39.0 Å². The van der Waals surface area contributed by atoms with Crippen molar-refractivity contribution in [1.29, 1.82) is 0 Å². The van der Waals surface area contributed by atoms with E-state index in [9.17, 15) is 9.59 Å². The van der Waals surface area contributed by atoms with Gasteiger partial charge in [-0.05, 0) is 44.0 Å². The van der Waals surface area contributed by atoms with Crippen LogP contribution in [0.3, 0.4) is 0 Å². The lowest BCUT2D eigenvalue weighted by atomic mass is 9.94. The second kappa shape index (κ2) is 9.68. The van der Waals surface area contributed by atoms with Gasteiger partial charge in [0.25, 0.3) is 0 Å². The molecule has 2 aromatic rings. The van der Waals surface area contributed by atoms with Crippen molar-refractivity contribution in [3.8, 4) is 22.9 Å². The van der Waals surface area contributed by atoms with Crippen LogP contribution in [0.15, 0.2) is 29.1 Å². The number of pyridine rings is 1. The molecule has 0 unspecified atom stereocenters. The van der Waals surface area contributed by atoms with E-state index in [1.54, 1.807) is 17.9 Å². The van der Waals surface area contributed by atoms with E-state index >= 15 is 0 Å². The molecule has 0 saturated carbocycles. The van der Waals surface area contributed by atoms with E-state index in [1.807, 2.05) is 25.1 Å². The molecule has 5 rings (SSSR count). The Morgan fingerprint density at radius 2 is 2.06 bits per heavy atom. The molecule has 1 amide bonds. The number of aromatic nitrogens is 1. The van der Waals surface area contributed by atoms with Crippen LogP contribution in [0.25, 0.3) is 11.3 Å². The van der Waals surface area contributed by atoms with Crippen molar-refractivity contribution >= 4 is 6.09 Å². The third kappa shape index (κ3) is 4.50. The van der Waals surface area contributed by atoms with Gasteiger partial charge in [0, 0.05) is 23.7 Å². The molecule has 3 aliphatic heterocycles. The number of hydrogen-bond acceptors (Lipinski definition) is 7. The third-order valence-corrected chi connectivity index (χ3v) is 6.43. The van der Waals surface area contributed by atoms with Crippen LogP contribution in [0.2, 0.25) is 0 Å². The molecule has 4 heterocycles. The Balaban J connectivity index is 1.32. The lowest BCUT2D eigenvalue weighted by Crippen LogP contribution is -2.56. The fraction of sp³-hybridized carbons (Fsp3) is 0.520. The van der Waals surface area contributed by atoms with Gasteiger partial charge in [-0.15, -0.1) is 0 Å². The van der Waals surface area contributed by atoms with E-state index in [2.05, 4.69) is 4.57 Å². The monoisotopic (exact) mass is 470 g/mol. The normalized spacial score (nSPS) is 19.6. The van der Waals surface area contributed by atoms with Crippen LogP contribution >= 0.6 is 0 Å². The van der Waals surface area contributed by atoms with E-state index in [0.29, 0.717) is 64.1 Å². The summed E-state index contributed by atoms with van der Waals surface area (Å²) < 4.78 is 30.3. The van der Waals surface area contributed by atoms with E-state index in [1.165, 1.54) is 0 Å². The van der Waals surface area contributed by atoms with Crippen LogP contribution in [0.5, 0.6) is 11.6 Å². The lowest BCUT2D eigenvalue weighted by Gasteiger charge is -2.38. The Hall–Kier alpha value is -3.04. The number of rotatable bonds is 6. The SMILES string of the molecule is CCOC(=O)N1CC(Oc2ccc3c(c2)CCn2c(OC[C@@H]4COCCO4)cc(=O)c(C)c2-3)C1. The number of carbonyl (C=O) groups excluding carboxylic acids is 1. The maximum atomic E-state index is 12.7. The quantitative estimate of drug-likeness (QED) is 0.641. The average Bonchev–Trinajstić information content (AvgIpc) is 2.82. The number of fused-ring (bicyclic) bond motifs is 3. The number of nitrogens with zero attached hydrogens (tertiary/aromatic N) is 2. The summed E-state index contributed by atoms with van der Waals surface area (Å²) in [6.07, 6.45) is 0.309. The predicted octanol–water partition coefficient (Wildman–Crippen LogP) is 2.39. The van der Waals surface area contributed by atoms with Crippen LogP contribution in [-0.4, -0.2) is 73.9 Å². The first kappa shape index (κ1) is 22.7. The number of hydrogen-bond donors (Lipinski definition) is 0. The van der Waals surface area contributed by atoms with Gasteiger partial charge in [0.05, 0.1) is 45.2 Å². The topological polar surface area (TPSA) is 88.5 Å². The summed E-state index contributed by atoms with van der Waals surface area (Å²) >= 11 is 0. The van der Waals surface area contributed by atoms with Crippen molar-refractivity contribution < 1.29 is 28.5 Å². The van der Waals surface area contributed by atoms with Crippen molar-refractivity contribution in [1.82, 2.24) is 9.47 Å². The number of benzene rings is 1. The molecule has 0 N–H and O–H groups in total. The molecular formula is C25H30N2O7. The van der Waals surface area contributed by atoms with Crippen molar-refractivity contribution in [2.75, 3.05) is 46.1 Å². The highest BCUT2D eigenvalue weighted by Crippen LogP contribution is 2.36. The largest absolute Gasteiger partial charge is 0.487 e. The van der Waals surface area contributed by atoms with E-state index in [-0.39, 0.29) is 23.7 Å². The summed E-state index contributed by atoms with van der Waals surface area (Å²) in [4.78, 5) is 26.1. The minimum atomic E-state index is -0.300. The molecule has 1 atom stereocenters. The number of amides is 1. The van der Waals surface area contributed by atoms with Gasteiger partial charge in [-0.3, -0.25) is 4.79 Å². The van der Waals surface area contributed by atoms with Gasteiger partial charge >= 0.3 is 6.09 Å². The molecule has 0 aliphatic carbocycles. The molecule has 0 spiro atoms. The maximum absolute atomic E-state index is 12.7. The van der Waals surface area contributed by atoms with Crippen LogP contribution in [-0.2, 0) is 27.2 Å². The Bertz CT molecular complexity index is 1120. The van der Waals surface area contributed by atoms with E-state index in [0.717, 1.165) is 29.0 Å². The molecule has 34 heavy (non-hydrogen) atoms. The zero-order valence-electron chi connectivity index (χ0n) is 19.6. The van der Waals surface area contributed by atoms with Gasteiger partial charge in [0.1, 0.15) is 24.6 Å². The van der Waals surface area contributed by atoms with Crippen LogP contribution in [0.4, 0.5) is 4.79 Å². The van der Waals surface area contributed by atoms with Gasteiger partial charge < -0.3 is 33.2 Å². The zero-order valence-corrected chi connectivity index (χ0v) is 19.6. The Morgan fingerprint density at radius 3 is 2.82 bits per heavy atom. The first-order chi connectivity index (χ1) is 16.5. The van der Waals surface area contributed by atoms with Crippen LogP contribution in [0, 0.1) is 6.92 Å². The zero-order chi connectivity index (χ0) is 23.7. The first-order valence-electron chi connectivity index (χ1n) is 11.8. The van der Waals surface area contributed by atoms with Gasteiger partial charge in [-0.2, -0.15) is 0 Å². The first-order valence-corrected chi connectivity index (χ1v) is 11.8. The predicted molar refractivity (Wildman–Crippen MR) is 124 cm³/mol. The van der Waals surface area contributed by atoms with Crippen molar-refractivity contribution in [2.24, 2.45) is 0 Å². The molecule has 182 valence electrons. The maximum Gasteiger partial charge on any atom is 0.410 e. The fourth-order valence-corrected chi connectivity index (χ4v) is 4.61. The minimum absolute atomic E-state index is 0.0475. The van der Waals surface area contributed by atoms with Gasteiger partial charge in [-0.25, -0.2) is 4.79 Å². The van der Waals surface area contributed by atoms with Crippen LogP contribution in [0.1, 0.15) is 18.1 Å². The highest BCUT2D eigenvalue weighted by atomic mass is 16.6. The molecule has 3 aliphatic rings. The van der Waals surface area contributed by atoms with Crippen molar-refractivity contribution in [3.63, 3.8) is 0 Å². The molecule has 9 heteroatoms. The molecule has 2 fully saturated rings. The molecule has 9 nitrogen and oxygen atoms in total.